The summed E-state index contributed by atoms with van der Waals surface area (Å²) in [6.07, 6.45) is 0. The molecule has 3 N–H and O–H groups in total. The SMILES string of the molecule is Cc1ccc(C(CN)c2cc(C(C)(C)C)n[nH]2)cc1C. The molecular weight excluding hydrogens is 246 g/mol. The van der Waals surface area contributed by atoms with Gasteiger partial charge in [-0.15, -0.1) is 0 Å². The molecule has 2 aromatic rings. The largest absolute Gasteiger partial charge is 0.329 e. The highest BCUT2D eigenvalue weighted by atomic mass is 15.1. The maximum absolute atomic E-state index is 6.00. The van der Waals surface area contributed by atoms with Crippen LogP contribution in [0, 0.1) is 13.8 Å². The number of aromatic amines is 1. The van der Waals surface area contributed by atoms with E-state index >= 15 is 0 Å². The van der Waals surface area contributed by atoms with Crippen LogP contribution in [0.1, 0.15) is 54.8 Å². The van der Waals surface area contributed by atoms with Crippen LogP contribution in [0.3, 0.4) is 0 Å². The van der Waals surface area contributed by atoms with Crippen molar-refractivity contribution in [2.45, 2.75) is 46.0 Å². The highest BCUT2D eigenvalue weighted by molar-refractivity contribution is 5.36. The predicted molar refractivity (Wildman–Crippen MR) is 84.1 cm³/mol. The van der Waals surface area contributed by atoms with Crippen molar-refractivity contribution in [3.8, 4) is 0 Å². The Hall–Kier alpha value is -1.61. The zero-order valence-electron chi connectivity index (χ0n) is 13.1. The molecule has 1 heterocycles. The van der Waals surface area contributed by atoms with E-state index in [1.807, 2.05) is 0 Å². The fourth-order valence-corrected chi connectivity index (χ4v) is 2.32. The molecule has 0 saturated heterocycles. The molecule has 1 aromatic heterocycles. The second-order valence-corrected chi connectivity index (χ2v) is 6.59. The standard InChI is InChI=1S/C17H25N3/c1-11-6-7-13(8-12(11)2)14(10-18)15-9-16(20-19-15)17(3,4)5/h6-9,14H,10,18H2,1-5H3,(H,19,20). The molecule has 0 radical (unpaired) electrons. The molecule has 0 amide bonds. The smallest absolute Gasteiger partial charge is 0.0678 e. The van der Waals surface area contributed by atoms with Gasteiger partial charge >= 0.3 is 0 Å². The molecule has 1 atom stereocenters. The summed E-state index contributed by atoms with van der Waals surface area (Å²) >= 11 is 0. The molecule has 1 aromatic carbocycles. The Morgan fingerprint density at radius 1 is 1.15 bits per heavy atom. The van der Waals surface area contributed by atoms with E-state index < -0.39 is 0 Å². The second-order valence-electron chi connectivity index (χ2n) is 6.59. The van der Waals surface area contributed by atoms with Gasteiger partial charge in [-0.2, -0.15) is 5.10 Å². The minimum Gasteiger partial charge on any atom is -0.329 e. The normalized spacial score (nSPS) is 13.5. The van der Waals surface area contributed by atoms with Crippen LogP contribution in [0.5, 0.6) is 0 Å². The fraction of sp³-hybridized carbons (Fsp3) is 0.471. The lowest BCUT2D eigenvalue weighted by atomic mass is 9.89. The summed E-state index contributed by atoms with van der Waals surface area (Å²) in [6.45, 7) is 11.3. The lowest BCUT2D eigenvalue weighted by molar-refractivity contribution is 0.567. The van der Waals surface area contributed by atoms with Crippen molar-refractivity contribution in [1.29, 1.82) is 0 Å². The molecule has 2 rings (SSSR count). The number of nitrogens with one attached hydrogen (secondary N) is 1. The Morgan fingerprint density at radius 3 is 2.35 bits per heavy atom. The van der Waals surface area contributed by atoms with Crippen LogP contribution in [0.2, 0.25) is 0 Å². The first-order valence-corrected chi connectivity index (χ1v) is 7.16. The number of rotatable bonds is 3. The van der Waals surface area contributed by atoms with Crippen molar-refractivity contribution in [3.63, 3.8) is 0 Å². The average Bonchev–Trinajstić information content (AvgIpc) is 2.84. The Labute approximate surface area is 121 Å². The molecule has 1 unspecified atom stereocenters. The van der Waals surface area contributed by atoms with Gasteiger partial charge in [0.05, 0.1) is 5.69 Å². The number of aryl methyl sites for hydroxylation is 2. The van der Waals surface area contributed by atoms with Crippen molar-refractivity contribution in [1.82, 2.24) is 10.2 Å². The molecule has 108 valence electrons. The molecule has 0 aliphatic rings. The van der Waals surface area contributed by atoms with Crippen LogP contribution in [0.25, 0.3) is 0 Å². The van der Waals surface area contributed by atoms with E-state index in [2.05, 4.69) is 69.1 Å². The zero-order valence-corrected chi connectivity index (χ0v) is 13.1. The van der Waals surface area contributed by atoms with Crippen molar-refractivity contribution in [3.05, 3.63) is 52.3 Å². The summed E-state index contributed by atoms with van der Waals surface area (Å²) < 4.78 is 0. The third-order valence-corrected chi connectivity index (χ3v) is 3.91. The van der Waals surface area contributed by atoms with Crippen molar-refractivity contribution >= 4 is 0 Å². The first kappa shape index (κ1) is 14.8. The molecule has 0 bridgehead atoms. The first-order chi connectivity index (χ1) is 9.32. The molecule has 3 heteroatoms. The predicted octanol–water partition coefficient (Wildman–Crippen LogP) is 3.41. The van der Waals surface area contributed by atoms with Gasteiger partial charge in [0.1, 0.15) is 0 Å². The van der Waals surface area contributed by atoms with E-state index in [4.69, 9.17) is 5.73 Å². The minimum absolute atomic E-state index is 0.0527. The lowest BCUT2D eigenvalue weighted by Gasteiger charge is -2.16. The summed E-state index contributed by atoms with van der Waals surface area (Å²) in [7, 11) is 0. The molecule has 0 fully saturated rings. The van der Waals surface area contributed by atoms with Crippen LogP contribution < -0.4 is 5.73 Å². The van der Waals surface area contributed by atoms with Crippen LogP contribution >= 0.6 is 0 Å². The van der Waals surface area contributed by atoms with Crippen molar-refractivity contribution in [2.24, 2.45) is 5.73 Å². The first-order valence-electron chi connectivity index (χ1n) is 7.16. The zero-order chi connectivity index (χ0) is 14.9. The topological polar surface area (TPSA) is 54.7 Å². The van der Waals surface area contributed by atoms with Gasteiger partial charge < -0.3 is 5.73 Å². The van der Waals surface area contributed by atoms with Crippen LogP contribution in [-0.2, 0) is 5.41 Å². The van der Waals surface area contributed by atoms with E-state index in [1.54, 1.807) is 0 Å². The molecule has 0 spiro atoms. The third-order valence-electron chi connectivity index (χ3n) is 3.91. The van der Waals surface area contributed by atoms with Crippen molar-refractivity contribution in [2.75, 3.05) is 6.54 Å². The summed E-state index contributed by atoms with van der Waals surface area (Å²) in [5, 5.41) is 7.61. The second kappa shape index (κ2) is 5.41. The quantitative estimate of drug-likeness (QED) is 0.898. The number of hydrogen-bond donors (Lipinski definition) is 2. The monoisotopic (exact) mass is 271 g/mol. The highest BCUT2D eigenvalue weighted by Crippen LogP contribution is 2.27. The maximum Gasteiger partial charge on any atom is 0.0678 e. The maximum atomic E-state index is 6.00. The van der Waals surface area contributed by atoms with Crippen LogP contribution in [0.15, 0.2) is 24.3 Å². The Balaban J connectivity index is 2.37. The van der Waals surface area contributed by atoms with Gasteiger partial charge in [0.2, 0.25) is 0 Å². The summed E-state index contributed by atoms with van der Waals surface area (Å²) in [6, 6.07) is 8.70. The van der Waals surface area contributed by atoms with E-state index in [9.17, 15) is 0 Å². The van der Waals surface area contributed by atoms with E-state index in [-0.39, 0.29) is 11.3 Å². The van der Waals surface area contributed by atoms with Gasteiger partial charge in [-0.3, -0.25) is 5.10 Å². The summed E-state index contributed by atoms with van der Waals surface area (Å²) in [5.41, 5.74) is 12.1. The van der Waals surface area contributed by atoms with E-state index in [0.717, 1.165) is 11.4 Å². The molecule has 0 aliphatic heterocycles. The van der Waals surface area contributed by atoms with Gasteiger partial charge in [-0.05, 0) is 36.6 Å². The fourth-order valence-electron chi connectivity index (χ4n) is 2.32. The number of H-pyrrole nitrogens is 1. The molecule has 0 saturated carbocycles. The minimum atomic E-state index is 0.0527. The Morgan fingerprint density at radius 2 is 1.85 bits per heavy atom. The summed E-state index contributed by atoms with van der Waals surface area (Å²) in [5.74, 6) is 0.179. The van der Waals surface area contributed by atoms with Crippen LogP contribution in [0.4, 0.5) is 0 Å². The Kier molecular flexibility index (Phi) is 4.00. The molecule has 0 aliphatic carbocycles. The van der Waals surface area contributed by atoms with E-state index in [0.29, 0.717) is 6.54 Å². The number of nitrogens with zero attached hydrogens (tertiary/aromatic N) is 1. The highest BCUT2D eigenvalue weighted by Gasteiger charge is 2.21. The van der Waals surface area contributed by atoms with Gasteiger partial charge in [0.25, 0.3) is 0 Å². The third kappa shape index (κ3) is 2.93. The van der Waals surface area contributed by atoms with Crippen molar-refractivity contribution < 1.29 is 0 Å². The number of benzene rings is 1. The number of aromatic nitrogens is 2. The number of hydrogen-bond acceptors (Lipinski definition) is 2. The molecular formula is C17H25N3. The average molecular weight is 271 g/mol. The Bertz CT molecular complexity index is 591. The van der Waals surface area contributed by atoms with Gasteiger partial charge in [-0.25, -0.2) is 0 Å². The lowest BCUT2D eigenvalue weighted by Crippen LogP contribution is -2.15. The van der Waals surface area contributed by atoms with E-state index in [1.165, 1.54) is 16.7 Å². The molecule has 3 nitrogen and oxygen atoms in total. The van der Waals surface area contributed by atoms with Crippen LogP contribution in [-0.4, -0.2) is 16.7 Å². The summed E-state index contributed by atoms with van der Waals surface area (Å²) in [4.78, 5) is 0. The van der Waals surface area contributed by atoms with Gasteiger partial charge in [0, 0.05) is 23.6 Å². The van der Waals surface area contributed by atoms with Gasteiger partial charge in [0.15, 0.2) is 0 Å². The molecule has 20 heavy (non-hydrogen) atoms. The number of nitrogens with two attached hydrogens (primary N) is 1. The van der Waals surface area contributed by atoms with Gasteiger partial charge in [-0.1, -0.05) is 39.0 Å².